The van der Waals surface area contributed by atoms with Gasteiger partial charge in [0.05, 0.1) is 5.92 Å². The molecule has 0 bridgehead atoms. The zero-order chi connectivity index (χ0) is 20.9. The first kappa shape index (κ1) is 20.6. The quantitative estimate of drug-likeness (QED) is 0.821. The van der Waals surface area contributed by atoms with Crippen molar-refractivity contribution in [2.24, 2.45) is 5.92 Å². The Bertz CT molecular complexity index is 850. The normalized spacial score (nSPS) is 20.3. The fourth-order valence-electron chi connectivity index (χ4n) is 4.37. The average Bonchev–Trinajstić information content (AvgIpc) is 2.81. The van der Waals surface area contributed by atoms with Gasteiger partial charge in [-0.05, 0) is 56.1 Å². The van der Waals surface area contributed by atoms with Gasteiger partial charge >= 0.3 is 0 Å². The van der Waals surface area contributed by atoms with Crippen molar-refractivity contribution in [2.75, 3.05) is 60.9 Å². The van der Waals surface area contributed by atoms with E-state index >= 15 is 0 Å². The van der Waals surface area contributed by atoms with E-state index in [4.69, 9.17) is 0 Å². The van der Waals surface area contributed by atoms with Crippen LogP contribution in [-0.2, 0) is 4.79 Å². The zero-order valence-electron chi connectivity index (χ0n) is 18.0. The third-order valence-corrected chi connectivity index (χ3v) is 6.28. The summed E-state index contributed by atoms with van der Waals surface area (Å²) in [6.07, 6.45) is 5.37. The fraction of sp³-hybridized carbons (Fsp3) is 0.522. The molecule has 1 aromatic carbocycles. The van der Waals surface area contributed by atoms with Crippen molar-refractivity contribution in [3.63, 3.8) is 0 Å². The minimum absolute atomic E-state index is 0.0521. The molecule has 30 heavy (non-hydrogen) atoms. The van der Waals surface area contributed by atoms with Gasteiger partial charge in [-0.1, -0.05) is 6.92 Å². The number of piperazine rings is 1. The monoisotopic (exact) mass is 408 g/mol. The summed E-state index contributed by atoms with van der Waals surface area (Å²) >= 11 is 0. The van der Waals surface area contributed by atoms with Crippen molar-refractivity contribution in [1.82, 2.24) is 14.9 Å². The second kappa shape index (κ2) is 9.43. The van der Waals surface area contributed by atoms with Gasteiger partial charge in [-0.25, -0.2) is 9.97 Å². The number of aryl methyl sites for hydroxylation is 1. The van der Waals surface area contributed by atoms with Crippen LogP contribution in [0.2, 0.25) is 0 Å². The summed E-state index contributed by atoms with van der Waals surface area (Å²) in [5, 5.41) is 3.17. The molecule has 160 valence electrons. The van der Waals surface area contributed by atoms with Crippen molar-refractivity contribution in [2.45, 2.75) is 26.7 Å². The topological polar surface area (TPSA) is 64.6 Å². The van der Waals surface area contributed by atoms with Crippen molar-refractivity contribution >= 4 is 23.2 Å². The number of anilines is 3. The Morgan fingerprint density at radius 2 is 1.87 bits per heavy atom. The number of nitrogens with zero attached hydrogens (tertiary/aromatic N) is 5. The smallest absolute Gasteiger partial charge is 0.229 e. The minimum atomic E-state index is -0.0521. The van der Waals surface area contributed by atoms with Crippen LogP contribution in [0.3, 0.4) is 0 Å². The maximum Gasteiger partial charge on any atom is 0.229 e. The highest BCUT2D eigenvalue weighted by molar-refractivity contribution is 5.94. The molecule has 2 aliphatic rings. The first-order valence-corrected chi connectivity index (χ1v) is 11.0. The van der Waals surface area contributed by atoms with Crippen molar-refractivity contribution in [3.05, 3.63) is 42.2 Å². The van der Waals surface area contributed by atoms with E-state index in [1.807, 2.05) is 6.07 Å². The number of likely N-dealkylation sites (N-methyl/N-ethyl adjacent to an activating group) is 1. The number of hydrogen-bond acceptors (Lipinski definition) is 6. The maximum absolute atomic E-state index is 13.0. The highest BCUT2D eigenvalue weighted by Crippen LogP contribution is 2.26. The molecule has 3 heterocycles. The maximum atomic E-state index is 13.0. The number of aromatic nitrogens is 2. The second-order valence-electron chi connectivity index (χ2n) is 8.24. The van der Waals surface area contributed by atoms with Crippen molar-refractivity contribution in [1.29, 1.82) is 0 Å². The lowest BCUT2D eigenvalue weighted by molar-refractivity contribution is -0.120. The molecule has 0 saturated carbocycles. The lowest BCUT2D eigenvalue weighted by Gasteiger charge is -2.35. The predicted octanol–water partition coefficient (Wildman–Crippen LogP) is 2.78. The highest BCUT2D eigenvalue weighted by atomic mass is 16.1. The Balaban J connectivity index is 1.37. The number of carbonyl (C=O) groups excluding carboxylic acids is 1. The molecular formula is C23H32N6O. The molecule has 7 nitrogen and oxygen atoms in total. The van der Waals surface area contributed by atoms with E-state index in [9.17, 15) is 4.79 Å². The molecule has 0 radical (unpaired) electrons. The SMILES string of the molecule is CCN1CCN(c2ccc(NC(=O)C3CCCN(c4ncccn4)C3)c(C)c2)CC1. The molecule has 0 spiro atoms. The first-order valence-electron chi connectivity index (χ1n) is 11.0. The van der Waals surface area contributed by atoms with E-state index in [0.29, 0.717) is 12.5 Å². The third-order valence-electron chi connectivity index (χ3n) is 6.28. The Kier molecular flexibility index (Phi) is 6.47. The van der Waals surface area contributed by atoms with E-state index in [2.05, 4.69) is 62.0 Å². The van der Waals surface area contributed by atoms with Crippen LogP contribution in [-0.4, -0.2) is 66.6 Å². The molecule has 0 aliphatic carbocycles. The molecule has 1 amide bonds. The molecule has 2 aromatic rings. The summed E-state index contributed by atoms with van der Waals surface area (Å²) in [7, 11) is 0. The van der Waals surface area contributed by atoms with Gasteiger partial charge in [0.1, 0.15) is 0 Å². The van der Waals surface area contributed by atoms with Crippen LogP contribution in [0.1, 0.15) is 25.3 Å². The molecule has 1 N–H and O–H groups in total. The van der Waals surface area contributed by atoms with Gasteiger partial charge < -0.3 is 20.0 Å². The number of piperidine rings is 1. The summed E-state index contributed by atoms with van der Waals surface area (Å²) in [5.74, 6) is 0.741. The lowest BCUT2D eigenvalue weighted by atomic mass is 9.97. The van der Waals surface area contributed by atoms with Crippen LogP contribution >= 0.6 is 0 Å². The molecule has 2 fully saturated rings. The van der Waals surface area contributed by atoms with Crippen LogP contribution in [0.15, 0.2) is 36.7 Å². The summed E-state index contributed by atoms with van der Waals surface area (Å²) in [5.41, 5.74) is 3.26. The van der Waals surface area contributed by atoms with Crippen LogP contribution in [0.4, 0.5) is 17.3 Å². The van der Waals surface area contributed by atoms with Crippen molar-refractivity contribution in [3.8, 4) is 0 Å². The summed E-state index contributed by atoms with van der Waals surface area (Å²) in [4.78, 5) is 28.6. The summed E-state index contributed by atoms with van der Waals surface area (Å²) in [6, 6.07) is 8.20. The Labute approximate surface area is 179 Å². The molecule has 4 rings (SSSR count). The van der Waals surface area contributed by atoms with Gasteiger partial charge in [-0.15, -0.1) is 0 Å². The number of carbonyl (C=O) groups is 1. The third kappa shape index (κ3) is 4.73. The number of hydrogen-bond donors (Lipinski definition) is 1. The van der Waals surface area contributed by atoms with Crippen LogP contribution in [0.25, 0.3) is 0 Å². The molecule has 1 atom stereocenters. The van der Waals surface area contributed by atoms with Gasteiger partial charge in [0.15, 0.2) is 0 Å². The molecule has 1 aromatic heterocycles. The molecular weight excluding hydrogens is 376 g/mol. The number of benzene rings is 1. The van der Waals surface area contributed by atoms with Crippen LogP contribution < -0.4 is 15.1 Å². The van der Waals surface area contributed by atoms with E-state index in [1.54, 1.807) is 12.4 Å². The highest BCUT2D eigenvalue weighted by Gasteiger charge is 2.27. The van der Waals surface area contributed by atoms with E-state index < -0.39 is 0 Å². The summed E-state index contributed by atoms with van der Waals surface area (Å²) < 4.78 is 0. The summed E-state index contributed by atoms with van der Waals surface area (Å²) in [6.45, 7) is 11.3. The number of amides is 1. The van der Waals surface area contributed by atoms with Gasteiger partial charge in [0.2, 0.25) is 11.9 Å². The Hall–Kier alpha value is -2.67. The van der Waals surface area contributed by atoms with Crippen molar-refractivity contribution < 1.29 is 4.79 Å². The van der Waals surface area contributed by atoms with E-state index in [1.165, 1.54) is 5.69 Å². The number of nitrogens with one attached hydrogen (secondary N) is 1. The van der Waals surface area contributed by atoms with Gasteiger partial charge in [0.25, 0.3) is 0 Å². The average molecular weight is 409 g/mol. The van der Waals surface area contributed by atoms with E-state index in [0.717, 1.165) is 63.4 Å². The molecule has 7 heteroatoms. The second-order valence-corrected chi connectivity index (χ2v) is 8.24. The largest absolute Gasteiger partial charge is 0.369 e. The molecule has 2 saturated heterocycles. The first-order chi connectivity index (χ1) is 14.6. The van der Waals surface area contributed by atoms with Crippen LogP contribution in [0.5, 0.6) is 0 Å². The van der Waals surface area contributed by atoms with Crippen LogP contribution in [0, 0.1) is 12.8 Å². The Morgan fingerprint density at radius 1 is 1.10 bits per heavy atom. The Morgan fingerprint density at radius 3 is 2.57 bits per heavy atom. The lowest BCUT2D eigenvalue weighted by Crippen LogP contribution is -2.46. The fourth-order valence-corrected chi connectivity index (χ4v) is 4.37. The minimum Gasteiger partial charge on any atom is -0.369 e. The standard InChI is InChI=1S/C23H32N6O/c1-3-27-12-14-28(15-13-27)20-7-8-21(18(2)16-20)26-22(30)19-6-4-11-29(17-19)23-24-9-5-10-25-23/h5,7-10,16,19H,3-4,6,11-15,17H2,1-2H3,(H,26,30). The van der Waals surface area contributed by atoms with Gasteiger partial charge in [-0.3, -0.25) is 4.79 Å². The molecule has 1 unspecified atom stereocenters. The predicted molar refractivity (Wildman–Crippen MR) is 121 cm³/mol. The zero-order valence-corrected chi connectivity index (χ0v) is 18.0. The van der Waals surface area contributed by atoms with Gasteiger partial charge in [0, 0.05) is 63.0 Å². The van der Waals surface area contributed by atoms with Gasteiger partial charge in [-0.2, -0.15) is 0 Å². The van der Waals surface area contributed by atoms with E-state index in [-0.39, 0.29) is 11.8 Å². The number of rotatable bonds is 5. The molecule has 2 aliphatic heterocycles.